The second-order valence-electron chi connectivity index (χ2n) is 8.24. The van der Waals surface area contributed by atoms with Gasteiger partial charge in [0.2, 0.25) is 0 Å². The number of hydrogen-bond donors (Lipinski definition) is 1. The van der Waals surface area contributed by atoms with E-state index in [-0.39, 0.29) is 39.8 Å². The molecule has 0 aromatic heterocycles. The fraction of sp³-hybridized carbons (Fsp3) is 0.455. The van der Waals surface area contributed by atoms with E-state index in [1.54, 1.807) is 0 Å². The monoisotopic (exact) mass is 434 g/mol. The maximum atomic E-state index is 13.5. The van der Waals surface area contributed by atoms with Crippen molar-refractivity contribution in [2.24, 2.45) is 0 Å². The maximum absolute atomic E-state index is 13.5. The molecule has 0 saturated carbocycles. The first-order chi connectivity index (χ1) is 13.9. The van der Waals surface area contributed by atoms with Gasteiger partial charge in [0.15, 0.2) is 0 Å². The van der Waals surface area contributed by atoms with Crippen LogP contribution < -0.4 is 9.46 Å². The van der Waals surface area contributed by atoms with Crippen molar-refractivity contribution in [1.82, 2.24) is 0 Å². The number of rotatable bonds is 8. The third-order valence-electron chi connectivity index (χ3n) is 4.99. The number of non-ortho nitro benzene ring substituents is 1. The predicted molar refractivity (Wildman–Crippen MR) is 119 cm³/mol. The van der Waals surface area contributed by atoms with Gasteiger partial charge in [-0.1, -0.05) is 53.7 Å². The molecule has 164 valence electrons. The van der Waals surface area contributed by atoms with Crippen molar-refractivity contribution in [3.05, 3.63) is 57.1 Å². The SMILES string of the molecule is COc1cc([N+](=O)[O-])ccc1NS(=O)(=O)c1c(C(C)C)cc(C(C)C)cc1C(C)C. The fourth-order valence-corrected chi connectivity index (χ4v) is 5.04. The van der Waals surface area contributed by atoms with Gasteiger partial charge in [-0.25, -0.2) is 8.42 Å². The van der Waals surface area contributed by atoms with Crippen LogP contribution in [0, 0.1) is 10.1 Å². The third kappa shape index (κ3) is 4.92. The molecule has 2 rings (SSSR count). The average Bonchev–Trinajstić information content (AvgIpc) is 2.66. The minimum Gasteiger partial charge on any atom is -0.494 e. The van der Waals surface area contributed by atoms with Crippen molar-refractivity contribution in [2.75, 3.05) is 11.8 Å². The lowest BCUT2D eigenvalue weighted by molar-refractivity contribution is -0.384. The van der Waals surface area contributed by atoms with Crippen LogP contribution in [-0.4, -0.2) is 20.5 Å². The van der Waals surface area contributed by atoms with E-state index in [0.717, 1.165) is 16.7 Å². The van der Waals surface area contributed by atoms with Crippen LogP contribution in [0.15, 0.2) is 35.2 Å². The summed E-state index contributed by atoms with van der Waals surface area (Å²) >= 11 is 0. The first kappa shape index (κ1) is 23.7. The van der Waals surface area contributed by atoms with Crippen LogP contribution in [0.25, 0.3) is 0 Å². The molecule has 0 radical (unpaired) electrons. The second-order valence-corrected chi connectivity index (χ2v) is 9.86. The summed E-state index contributed by atoms with van der Waals surface area (Å²) in [6.07, 6.45) is 0. The second kappa shape index (κ2) is 9.04. The summed E-state index contributed by atoms with van der Waals surface area (Å²) in [5.74, 6) is 0.335. The molecule has 2 aromatic carbocycles. The highest BCUT2D eigenvalue weighted by Crippen LogP contribution is 2.37. The summed E-state index contributed by atoms with van der Waals surface area (Å²) in [6.45, 7) is 12.0. The van der Waals surface area contributed by atoms with Gasteiger partial charge in [-0.3, -0.25) is 14.8 Å². The molecule has 0 aliphatic carbocycles. The van der Waals surface area contributed by atoms with Gasteiger partial charge < -0.3 is 4.74 Å². The molecule has 7 nitrogen and oxygen atoms in total. The first-order valence-electron chi connectivity index (χ1n) is 9.92. The lowest BCUT2D eigenvalue weighted by atomic mass is 9.89. The van der Waals surface area contributed by atoms with Crippen molar-refractivity contribution in [3.8, 4) is 5.75 Å². The molecule has 0 saturated heterocycles. The number of benzene rings is 2. The van der Waals surface area contributed by atoms with Gasteiger partial charge in [-0.05, 0) is 40.5 Å². The van der Waals surface area contributed by atoms with E-state index in [1.807, 2.05) is 39.8 Å². The molecule has 0 bridgehead atoms. The molecule has 0 heterocycles. The van der Waals surface area contributed by atoms with Gasteiger partial charge >= 0.3 is 0 Å². The van der Waals surface area contributed by atoms with Crippen molar-refractivity contribution in [3.63, 3.8) is 0 Å². The Morgan fingerprint density at radius 1 is 0.933 bits per heavy atom. The van der Waals surface area contributed by atoms with Gasteiger partial charge in [0.1, 0.15) is 5.75 Å². The molecule has 0 aliphatic rings. The summed E-state index contributed by atoms with van der Waals surface area (Å²) in [6, 6.07) is 7.72. The van der Waals surface area contributed by atoms with Crippen LogP contribution in [0.2, 0.25) is 0 Å². The minimum absolute atomic E-state index is 0.00784. The standard InChI is InChI=1S/C22H30N2O5S/c1-13(2)16-10-18(14(3)4)22(19(11-16)15(5)6)30(27,28)23-20-9-8-17(24(25)26)12-21(20)29-7/h8-15,23H,1-7H3. The Balaban J connectivity index is 2.69. The molecule has 1 N–H and O–H groups in total. The molecule has 0 unspecified atom stereocenters. The van der Waals surface area contributed by atoms with E-state index >= 15 is 0 Å². The molecule has 0 aliphatic heterocycles. The Labute approximate surface area is 178 Å². The van der Waals surface area contributed by atoms with Crippen LogP contribution in [0.4, 0.5) is 11.4 Å². The average molecular weight is 435 g/mol. The summed E-state index contributed by atoms with van der Waals surface area (Å²) < 4.78 is 34.8. The first-order valence-corrected chi connectivity index (χ1v) is 11.4. The summed E-state index contributed by atoms with van der Waals surface area (Å²) in [4.78, 5) is 10.7. The van der Waals surface area contributed by atoms with Crippen molar-refractivity contribution >= 4 is 21.4 Å². The minimum atomic E-state index is -3.97. The lowest BCUT2D eigenvalue weighted by Gasteiger charge is -2.23. The van der Waals surface area contributed by atoms with E-state index < -0.39 is 14.9 Å². The highest BCUT2D eigenvalue weighted by molar-refractivity contribution is 7.92. The molecular formula is C22H30N2O5S. The highest BCUT2D eigenvalue weighted by Gasteiger charge is 2.28. The number of ether oxygens (including phenoxy) is 1. The zero-order chi connectivity index (χ0) is 22.8. The zero-order valence-electron chi connectivity index (χ0n) is 18.5. The van der Waals surface area contributed by atoms with E-state index in [4.69, 9.17) is 4.74 Å². The predicted octanol–water partition coefficient (Wildman–Crippen LogP) is 5.77. The number of nitrogens with one attached hydrogen (secondary N) is 1. The Bertz CT molecular complexity index is 1010. The fourth-order valence-electron chi connectivity index (χ4n) is 3.27. The van der Waals surface area contributed by atoms with Gasteiger partial charge in [0.25, 0.3) is 15.7 Å². The van der Waals surface area contributed by atoms with E-state index in [9.17, 15) is 18.5 Å². The van der Waals surface area contributed by atoms with Gasteiger partial charge in [-0.2, -0.15) is 0 Å². The summed E-state index contributed by atoms with van der Waals surface area (Å²) in [5.41, 5.74) is 2.56. The Morgan fingerprint density at radius 3 is 1.87 bits per heavy atom. The van der Waals surface area contributed by atoms with Crippen LogP contribution in [0.1, 0.15) is 76.0 Å². The van der Waals surface area contributed by atoms with E-state index in [0.29, 0.717) is 0 Å². The molecule has 30 heavy (non-hydrogen) atoms. The molecule has 0 amide bonds. The number of nitrogens with zero attached hydrogens (tertiary/aromatic N) is 1. The molecule has 0 fully saturated rings. The summed E-state index contributed by atoms with van der Waals surface area (Å²) in [5, 5.41) is 11.0. The van der Waals surface area contributed by atoms with Crippen molar-refractivity contribution in [2.45, 2.75) is 64.2 Å². The van der Waals surface area contributed by atoms with Gasteiger partial charge in [-0.15, -0.1) is 0 Å². The van der Waals surface area contributed by atoms with E-state index in [1.165, 1.54) is 25.3 Å². The number of hydrogen-bond acceptors (Lipinski definition) is 5. The zero-order valence-corrected chi connectivity index (χ0v) is 19.3. The Kier molecular flexibility index (Phi) is 7.13. The van der Waals surface area contributed by atoms with Crippen LogP contribution >= 0.6 is 0 Å². The third-order valence-corrected chi connectivity index (χ3v) is 6.49. The van der Waals surface area contributed by atoms with Crippen LogP contribution in [-0.2, 0) is 10.0 Å². The number of nitro benzene ring substituents is 1. The highest BCUT2D eigenvalue weighted by atomic mass is 32.2. The van der Waals surface area contributed by atoms with E-state index in [2.05, 4.69) is 18.6 Å². The van der Waals surface area contributed by atoms with Crippen LogP contribution in [0.5, 0.6) is 5.75 Å². The Morgan fingerprint density at radius 2 is 1.47 bits per heavy atom. The largest absolute Gasteiger partial charge is 0.494 e. The molecule has 0 atom stereocenters. The number of anilines is 1. The van der Waals surface area contributed by atoms with Crippen molar-refractivity contribution in [1.29, 1.82) is 0 Å². The number of sulfonamides is 1. The topological polar surface area (TPSA) is 98.5 Å². The van der Waals surface area contributed by atoms with Gasteiger partial charge in [0, 0.05) is 6.07 Å². The molecule has 0 spiro atoms. The molecule has 2 aromatic rings. The Hall–Kier alpha value is -2.61. The van der Waals surface area contributed by atoms with Crippen molar-refractivity contribution < 1.29 is 18.1 Å². The quantitative estimate of drug-likeness (QED) is 0.420. The smallest absolute Gasteiger partial charge is 0.273 e. The molecule has 8 heteroatoms. The number of methoxy groups -OCH3 is 1. The molecular weight excluding hydrogens is 404 g/mol. The number of nitro groups is 1. The normalized spacial score (nSPS) is 11.9. The maximum Gasteiger partial charge on any atom is 0.273 e. The summed E-state index contributed by atoms with van der Waals surface area (Å²) in [7, 11) is -2.63. The van der Waals surface area contributed by atoms with Crippen LogP contribution in [0.3, 0.4) is 0 Å². The van der Waals surface area contributed by atoms with Gasteiger partial charge in [0.05, 0.1) is 28.7 Å². The lowest BCUT2D eigenvalue weighted by Crippen LogP contribution is -2.19.